The van der Waals surface area contributed by atoms with Crippen LogP contribution in [0.25, 0.3) is 0 Å². The summed E-state index contributed by atoms with van der Waals surface area (Å²) >= 11 is 0. The number of carbonyl (C=O) groups is 1. The van der Waals surface area contributed by atoms with Crippen LogP contribution in [0, 0.1) is 19.8 Å². The molecule has 4 heteroatoms. The molecule has 0 radical (unpaired) electrons. The maximum Gasteiger partial charge on any atom is 0.337 e. The van der Waals surface area contributed by atoms with Gasteiger partial charge in [-0.05, 0) is 32.3 Å². The topological polar surface area (TPSA) is 51.5 Å². The minimum atomic E-state index is -0.866. The van der Waals surface area contributed by atoms with Crippen molar-refractivity contribution >= 4 is 5.97 Å². The molecule has 0 aliphatic heterocycles. The van der Waals surface area contributed by atoms with Crippen LogP contribution >= 0.6 is 0 Å². The van der Waals surface area contributed by atoms with Gasteiger partial charge in [-0.1, -0.05) is 13.8 Å². The standard InChI is InChI=1S/C14H23NO3/c1-10(2)5-7-18-8-6-15-11(3)9-13(12(15)4)14(16)17/h9-10H,5-8H2,1-4H3,(H,16,17). The molecule has 1 aromatic heterocycles. The van der Waals surface area contributed by atoms with E-state index in [9.17, 15) is 4.79 Å². The van der Waals surface area contributed by atoms with Crippen molar-refractivity contribution in [2.75, 3.05) is 13.2 Å². The zero-order chi connectivity index (χ0) is 13.7. The summed E-state index contributed by atoms with van der Waals surface area (Å²) in [6.45, 7) is 10.2. The van der Waals surface area contributed by atoms with Crippen molar-refractivity contribution in [3.63, 3.8) is 0 Å². The molecule has 0 fully saturated rings. The first-order valence-corrected chi connectivity index (χ1v) is 6.41. The lowest BCUT2D eigenvalue weighted by atomic mass is 10.1. The molecular weight excluding hydrogens is 230 g/mol. The van der Waals surface area contributed by atoms with Crippen LogP contribution in [0.15, 0.2) is 6.07 Å². The van der Waals surface area contributed by atoms with Crippen molar-refractivity contribution in [3.8, 4) is 0 Å². The normalized spacial score (nSPS) is 11.2. The summed E-state index contributed by atoms with van der Waals surface area (Å²) in [5.74, 6) is -0.214. The van der Waals surface area contributed by atoms with E-state index in [1.807, 2.05) is 18.4 Å². The Hall–Kier alpha value is -1.29. The van der Waals surface area contributed by atoms with E-state index in [0.717, 1.165) is 24.4 Å². The molecule has 102 valence electrons. The van der Waals surface area contributed by atoms with Crippen LogP contribution in [0.1, 0.15) is 42.0 Å². The predicted octanol–water partition coefficient (Wildman–Crippen LogP) is 2.87. The van der Waals surface area contributed by atoms with E-state index >= 15 is 0 Å². The summed E-state index contributed by atoms with van der Waals surface area (Å²) in [4.78, 5) is 11.0. The largest absolute Gasteiger partial charge is 0.478 e. The molecule has 0 atom stereocenters. The number of aromatic carboxylic acids is 1. The first-order chi connectivity index (χ1) is 8.43. The fourth-order valence-corrected chi connectivity index (χ4v) is 1.94. The van der Waals surface area contributed by atoms with Crippen LogP contribution in [0.2, 0.25) is 0 Å². The minimum Gasteiger partial charge on any atom is -0.478 e. The van der Waals surface area contributed by atoms with Gasteiger partial charge >= 0.3 is 5.97 Å². The van der Waals surface area contributed by atoms with Crippen molar-refractivity contribution in [1.29, 1.82) is 0 Å². The summed E-state index contributed by atoms with van der Waals surface area (Å²) in [6, 6.07) is 1.71. The molecular formula is C14H23NO3. The predicted molar refractivity (Wildman–Crippen MR) is 71.1 cm³/mol. The monoisotopic (exact) mass is 253 g/mol. The van der Waals surface area contributed by atoms with Crippen LogP contribution in [0.4, 0.5) is 0 Å². The molecule has 0 spiro atoms. The molecule has 0 aromatic carbocycles. The van der Waals surface area contributed by atoms with Crippen molar-refractivity contribution in [1.82, 2.24) is 4.57 Å². The number of carboxylic acid groups (broad SMARTS) is 1. The second kappa shape index (κ2) is 6.59. The Balaban J connectivity index is 2.50. The number of aryl methyl sites for hydroxylation is 1. The van der Waals surface area contributed by atoms with Gasteiger partial charge in [-0.25, -0.2) is 4.79 Å². The third-order valence-electron chi connectivity index (χ3n) is 3.10. The lowest BCUT2D eigenvalue weighted by Crippen LogP contribution is -2.11. The maximum absolute atomic E-state index is 11.0. The second-order valence-electron chi connectivity index (χ2n) is 5.04. The van der Waals surface area contributed by atoms with E-state index in [1.54, 1.807) is 6.07 Å². The van der Waals surface area contributed by atoms with E-state index in [-0.39, 0.29) is 0 Å². The zero-order valence-electron chi connectivity index (χ0n) is 11.7. The third-order valence-corrected chi connectivity index (χ3v) is 3.10. The van der Waals surface area contributed by atoms with Gasteiger partial charge in [0.15, 0.2) is 0 Å². The Morgan fingerprint density at radius 1 is 1.39 bits per heavy atom. The van der Waals surface area contributed by atoms with Crippen LogP contribution < -0.4 is 0 Å². The summed E-state index contributed by atoms with van der Waals surface area (Å²) < 4.78 is 7.56. The molecule has 1 aromatic rings. The fourth-order valence-electron chi connectivity index (χ4n) is 1.94. The van der Waals surface area contributed by atoms with E-state index in [1.165, 1.54) is 0 Å². The van der Waals surface area contributed by atoms with Crippen LogP contribution in [-0.2, 0) is 11.3 Å². The molecule has 1 N–H and O–H groups in total. The van der Waals surface area contributed by atoms with Gasteiger partial charge in [-0.15, -0.1) is 0 Å². The number of hydrogen-bond acceptors (Lipinski definition) is 2. The fraction of sp³-hybridized carbons (Fsp3) is 0.643. The second-order valence-corrected chi connectivity index (χ2v) is 5.04. The smallest absolute Gasteiger partial charge is 0.337 e. The molecule has 0 saturated heterocycles. The lowest BCUT2D eigenvalue weighted by molar-refractivity contribution is 0.0695. The molecule has 18 heavy (non-hydrogen) atoms. The summed E-state index contributed by atoms with van der Waals surface area (Å²) in [7, 11) is 0. The highest BCUT2D eigenvalue weighted by Gasteiger charge is 2.13. The first kappa shape index (κ1) is 14.8. The maximum atomic E-state index is 11.0. The number of ether oxygens (including phenoxy) is 1. The Kier molecular flexibility index (Phi) is 5.41. The van der Waals surface area contributed by atoms with Crippen LogP contribution in [0.3, 0.4) is 0 Å². The third kappa shape index (κ3) is 3.88. The quantitative estimate of drug-likeness (QED) is 0.760. The summed E-state index contributed by atoms with van der Waals surface area (Å²) in [5.41, 5.74) is 2.15. The van der Waals surface area contributed by atoms with Crippen molar-refractivity contribution < 1.29 is 14.6 Å². The SMILES string of the molecule is Cc1cc(C(=O)O)c(C)n1CCOCCC(C)C. The van der Waals surface area contributed by atoms with Crippen LogP contribution in [0.5, 0.6) is 0 Å². The Morgan fingerprint density at radius 2 is 2.06 bits per heavy atom. The highest BCUT2D eigenvalue weighted by molar-refractivity contribution is 5.89. The average molecular weight is 253 g/mol. The number of carboxylic acids is 1. The Bertz CT molecular complexity index is 407. The van der Waals surface area contributed by atoms with Gasteiger partial charge in [-0.2, -0.15) is 0 Å². The van der Waals surface area contributed by atoms with Crippen molar-refractivity contribution in [3.05, 3.63) is 23.0 Å². The molecule has 0 aliphatic rings. The van der Waals surface area contributed by atoms with Gasteiger partial charge in [0.1, 0.15) is 0 Å². The van der Waals surface area contributed by atoms with Crippen molar-refractivity contribution in [2.45, 2.75) is 40.7 Å². The van der Waals surface area contributed by atoms with Gasteiger partial charge in [0.2, 0.25) is 0 Å². The highest BCUT2D eigenvalue weighted by Crippen LogP contribution is 2.14. The van der Waals surface area contributed by atoms with Crippen LogP contribution in [-0.4, -0.2) is 28.9 Å². The number of rotatable bonds is 7. The van der Waals surface area contributed by atoms with E-state index < -0.39 is 5.97 Å². The molecule has 4 nitrogen and oxygen atoms in total. The van der Waals surface area contributed by atoms with Gasteiger partial charge in [0.05, 0.1) is 12.2 Å². The van der Waals surface area contributed by atoms with Gasteiger partial charge < -0.3 is 14.4 Å². The number of aromatic nitrogens is 1. The number of hydrogen-bond donors (Lipinski definition) is 1. The molecule has 1 rings (SSSR count). The minimum absolute atomic E-state index is 0.384. The molecule has 0 unspecified atom stereocenters. The summed E-state index contributed by atoms with van der Waals surface area (Å²) in [5, 5.41) is 9.03. The van der Waals surface area contributed by atoms with Gasteiger partial charge in [0, 0.05) is 24.5 Å². The summed E-state index contributed by atoms with van der Waals surface area (Å²) in [6.07, 6.45) is 1.06. The first-order valence-electron chi connectivity index (χ1n) is 6.41. The average Bonchev–Trinajstić information content (AvgIpc) is 2.55. The zero-order valence-corrected chi connectivity index (χ0v) is 11.7. The van der Waals surface area contributed by atoms with Crippen molar-refractivity contribution in [2.24, 2.45) is 5.92 Å². The molecule has 0 aliphatic carbocycles. The van der Waals surface area contributed by atoms with E-state index in [4.69, 9.17) is 9.84 Å². The molecule has 0 amide bonds. The van der Waals surface area contributed by atoms with E-state index in [0.29, 0.717) is 24.6 Å². The van der Waals surface area contributed by atoms with Gasteiger partial charge in [0.25, 0.3) is 0 Å². The molecule has 1 heterocycles. The van der Waals surface area contributed by atoms with E-state index in [2.05, 4.69) is 13.8 Å². The highest BCUT2D eigenvalue weighted by atomic mass is 16.5. The Labute approximate surface area is 109 Å². The number of nitrogens with zero attached hydrogens (tertiary/aromatic N) is 1. The van der Waals surface area contributed by atoms with Gasteiger partial charge in [-0.3, -0.25) is 0 Å². The molecule has 0 bridgehead atoms. The Morgan fingerprint density at radius 3 is 2.56 bits per heavy atom. The lowest BCUT2D eigenvalue weighted by Gasteiger charge is -2.10. The molecule has 0 saturated carbocycles.